The van der Waals surface area contributed by atoms with Crippen LogP contribution in [0.15, 0.2) is 0 Å². The summed E-state index contributed by atoms with van der Waals surface area (Å²) in [5, 5.41) is 16.9. The van der Waals surface area contributed by atoms with Crippen molar-refractivity contribution in [2.24, 2.45) is 11.5 Å². The van der Waals surface area contributed by atoms with Gasteiger partial charge >= 0.3 is 5.97 Å². The van der Waals surface area contributed by atoms with Gasteiger partial charge in [-0.15, -0.1) is 0 Å². The van der Waals surface area contributed by atoms with Crippen LogP contribution >= 0.6 is 0 Å². The van der Waals surface area contributed by atoms with Crippen LogP contribution in [0.1, 0.15) is 19.3 Å². The number of aliphatic hydroxyl groups is 1. The first-order valence-corrected chi connectivity index (χ1v) is 3.92. The van der Waals surface area contributed by atoms with E-state index in [1.54, 1.807) is 0 Å². The SMILES string of the molecule is N[C@H](CO)CCC[C@@H](N)C(=O)O. The first kappa shape index (κ1) is 11.4. The summed E-state index contributed by atoms with van der Waals surface area (Å²) in [6.07, 6.45) is 1.65. The second-order valence-corrected chi connectivity index (χ2v) is 2.82. The number of rotatable bonds is 6. The van der Waals surface area contributed by atoms with Crippen LogP contribution in [-0.2, 0) is 4.79 Å². The summed E-state index contributed by atoms with van der Waals surface area (Å²) in [5.74, 6) is -0.993. The lowest BCUT2D eigenvalue weighted by molar-refractivity contribution is -0.138. The normalized spacial score (nSPS) is 15.6. The van der Waals surface area contributed by atoms with Crippen molar-refractivity contribution >= 4 is 5.97 Å². The molecule has 0 aliphatic carbocycles. The van der Waals surface area contributed by atoms with Gasteiger partial charge in [0.25, 0.3) is 0 Å². The molecule has 0 aromatic carbocycles. The average Bonchev–Trinajstić information content (AvgIpc) is 2.03. The summed E-state index contributed by atoms with van der Waals surface area (Å²) < 4.78 is 0. The maximum atomic E-state index is 10.2. The molecule has 0 spiro atoms. The summed E-state index contributed by atoms with van der Waals surface area (Å²) in [6, 6.07) is -1.07. The van der Waals surface area contributed by atoms with Gasteiger partial charge in [-0.25, -0.2) is 0 Å². The Labute approximate surface area is 71.4 Å². The zero-order valence-electron chi connectivity index (χ0n) is 6.94. The second kappa shape index (κ2) is 5.93. The highest BCUT2D eigenvalue weighted by Gasteiger charge is 2.11. The van der Waals surface area contributed by atoms with Crippen LogP contribution in [-0.4, -0.2) is 34.9 Å². The van der Waals surface area contributed by atoms with E-state index in [1.165, 1.54) is 0 Å². The van der Waals surface area contributed by atoms with Crippen LogP contribution in [0.25, 0.3) is 0 Å². The zero-order valence-corrected chi connectivity index (χ0v) is 6.94. The minimum absolute atomic E-state index is 0.0672. The highest BCUT2D eigenvalue weighted by molar-refractivity contribution is 5.72. The van der Waals surface area contributed by atoms with E-state index >= 15 is 0 Å². The molecule has 0 bridgehead atoms. The molecule has 0 saturated carbocycles. The van der Waals surface area contributed by atoms with Crippen molar-refractivity contribution in [2.45, 2.75) is 31.3 Å². The number of carboxylic acids is 1. The number of nitrogens with two attached hydrogens (primary N) is 2. The monoisotopic (exact) mass is 176 g/mol. The van der Waals surface area contributed by atoms with E-state index in [9.17, 15) is 4.79 Å². The molecule has 72 valence electrons. The van der Waals surface area contributed by atoms with Crippen LogP contribution in [0, 0.1) is 0 Å². The predicted octanol–water partition coefficient (Wildman–Crippen LogP) is -1.11. The largest absolute Gasteiger partial charge is 0.480 e. The fraction of sp³-hybridized carbons (Fsp3) is 0.857. The average molecular weight is 176 g/mol. The summed E-state index contributed by atoms with van der Waals surface area (Å²) in [6.45, 7) is -0.0672. The van der Waals surface area contributed by atoms with Crippen LogP contribution in [0.3, 0.4) is 0 Å². The van der Waals surface area contributed by atoms with Gasteiger partial charge in [0.2, 0.25) is 0 Å². The smallest absolute Gasteiger partial charge is 0.320 e. The van der Waals surface area contributed by atoms with Gasteiger partial charge in [-0.1, -0.05) is 0 Å². The number of hydrogen-bond donors (Lipinski definition) is 4. The minimum Gasteiger partial charge on any atom is -0.480 e. The molecule has 5 nitrogen and oxygen atoms in total. The van der Waals surface area contributed by atoms with E-state index in [-0.39, 0.29) is 12.6 Å². The molecule has 5 heteroatoms. The first-order valence-electron chi connectivity index (χ1n) is 3.92. The maximum absolute atomic E-state index is 10.2. The molecule has 0 aromatic heterocycles. The fourth-order valence-electron chi connectivity index (χ4n) is 0.815. The standard InChI is InChI=1S/C7H16N2O3/c8-5(4-10)2-1-3-6(9)7(11)12/h5-6,10H,1-4,8-9H2,(H,11,12)/t5-,6+/m0/s1. The molecule has 0 aliphatic heterocycles. The second-order valence-electron chi connectivity index (χ2n) is 2.82. The maximum Gasteiger partial charge on any atom is 0.320 e. The molecule has 0 radical (unpaired) electrons. The lowest BCUT2D eigenvalue weighted by Gasteiger charge is -2.09. The molecule has 0 aliphatic rings. The Kier molecular flexibility index (Phi) is 5.61. The third kappa shape index (κ3) is 5.06. The highest BCUT2D eigenvalue weighted by atomic mass is 16.4. The molecule has 0 amide bonds. The molecule has 0 saturated heterocycles. The highest BCUT2D eigenvalue weighted by Crippen LogP contribution is 2.01. The summed E-state index contributed by atoms with van der Waals surface area (Å²) in [7, 11) is 0. The predicted molar refractivity (Wildman–Crippen MR) is 44.5 cm³/mol. The lowest BCUT2D eigenvalue weighted by atomic mass is 10.1. The zero-order chi connectivity index (χ0) is 9.56. The van der Waals surface area contributed by atoms with Crippen LogP contribution in [0.2, 0.25) is 0 Å². The van der Waals surface area contributed by atoms with E-state index in [0.717, 1.165) is 0 Å². The summed E-state index contributed by atoms with van der Waals surface area (Å²) in [4.78, 5) is 10.2. The molecule has 0 fully saturated rings. The number of hydrogen-bond acceptors (Lipinski definition) is 4. The molecule has 0 unspecified atom stereocenters. The van der Waals surface area contributed by atoms with Crippen molar-refractivity contribution in [3.05, 3.63) is 0 Å². The van der Waals surface area contributed by atoms with Crippen LogP contribution < -0.4 is 11.5 Å². The Morgan fingerprint density at radius 2 is 1.92 bits per heavy atom. The molecular weight excluding hydrogens is 160 g/mol. The number of carbonyl (C=O) groups is 1. The van der Waals surface area contributed by atoms with E-state index < -0.39 is 12.0 Å². The quantitative estimate of drug-likeness (QED) is 0.410. The van der Waals surface area contributed by atoms with Crippen molar-refractivity contribution in [3.63, 3.8) is 0 Å². The van der Waals surface area contributed by atoms with Crippen molar-refractivity contribution in [3.8, 4) is 0 Å². The van der Waals surface area contributed by atoms with Crippen molar-refractivity contribution in [2.75, 3.05) is 6.61 Å². The first-order chi connectivity index (χ1) is 5.57. The molecule has 0 aromatic rings. The van der Waals surface area contributed by atoms with Gasteiger partial charge in [-0.05, 0) is 19.3 Å². The Bertz CT molecular complexity index is 141. The van der Waals surface area contributed by atoms with Gasteiger partial charge in [0.05, 0.1) is 6.61 Å². The van der Waals surface area contributed by atoms with Crippen LogP contribution in [0.4, 0.5) is 0 Å². The van der Waals surface area contributed by atoms with Gasteiger partial charge in [-0.3, -0.25) is 4.79 Å². The molecule has 0 rings (SSSR count). The van der Waals surface area contributed by atoms with E-state index in [0.29, 0.717) is 19.3 Å². The Balaban J connectivity index is 3.37. The molecule has 12 heavy (non-hydrogen) atoms. The van der Waals surface area contributed by atoms with Crippen molar-refractivity contribution in [1.29, 1.82) is 0 Å². The number of aliphatic carboxylic acids is 1. The Morgan fingerprint density at radius 1 is 1.33 bits per heavy atom. The number of carboxylic acid groups (broad SMARTS) is 1. The Hall–Kier alpha value is -0.650. The van der Waals surface area contributed by atoms with E-state index in [4.69, 9.17) is 21.7 Å². The van der Waals surface area contributed by atoms with Crippen LogP contribution in [0.5, 0.6) is 0 Å². The van der Waals surface area contributed by atoms with Crippen molar-refractivity contribution < 1.29 is 15.0 Å². The third-order valence-corrected chi connectivity index (χ3v) is 1.64. The van der Waals surface area contributed by atoms with E-state index in [2.05, 4.69) is 0 Å². The molecule has 0 heterocycles. The lowest BCUT2D eigenvalue weighted by Crippen LogP contribution is -2.31. The Morgan fingerprint density at radius 3 is 2.33 bits per heavy atom. The molecular formula is C7H16N2O3. The molecule has 6 N–H and O–H groups in total. The minimum atomic E-state index is -0.993. The number of aliphatic hydroxyl groups excluding tert-OH is 1. The van der Waals surface area contributed by atoms with Gasteiger partial charge < -0.3 is 21.7 Å². The van der Waals surface area contributed by atoms with Gasteiger partial charge in [0.1, 0.15) is 6.04 Å². The summed E-state index contributed by atoms with van der Waals surface area (Å²) in [5.41, 5.74) is 10.6. The summed E-state index contributed by atoms with van der Waals surface area (Å²) >= 11 is 0. The molecule has 2 atom stereocenters. The van der Waals surface area contributed by atoms with Gasteiger partial charge in [0.15, 0.2) is 0 Å². The fourth-order valence-corrected chi connectivity index (χ4v) is 0.815. The topological polar surface area (TPSA) is 110 Å². The van der Waals surface area contributed by atoms with Gasteiger partial charge in [0, 0.05) is 6.04 Å². The third-order valence-electron chi connectivity index (χ3n) is 1.64. The van der Waals surface area contributed by atoms with E-state index in [1.807, 2.05) is 0 Å². The van der Waals surface area contributed by atoms with Gasteiger partial charge in [-0.2, -0.15) is 0 Å². The van der Waals surface area contributed by atoms with Crippen molar-refractivity contribution in [1.82, 2.24) is 0 Å².